The summed E-state index contributed by atoms with van der Waals surface area (Å²) in [7, 11) is 0. The standard InChI is InChI=1S/C17H21NO4/c1-10-7-13-9-15(22-14(13)8-11(10)2)16(19)18-5-3-12(4-6-18)17(20)21/h7-8,12,15H,3-6,9H2,1-2H3,(H,20,21). The van der Waals surface area contributed by atoms with Crippen molar-refractivity contribution in [3.8, 4) is 5.75 Å². The molecule has 1 atom stereocenters. The molecule has 0 aliphatic carbocycles. The molecule has 0 spiro atoms. The molecule has 3 rings (SSSR count). The zero-order valence-electron chi connectivity index (χ0n) is 13.0. The fourth-order valence-electron chi connectivity index (χ4n) is 3.20. The van der Waals surface area contributed by atoms with Crippen LogP contribution in [0.3, 0.4) is 0 Å². The van der Waals surface area contributed by atoms with Gasteiger partial charge < -0.3 is 14.7 Å². The highest BCUT2D eigenvalue weighted by atomic mass is 16.5. The first-order valence-electron chi connectivity index (χ1n) is 7.74. The second-order valence-corrected chi connectivity index (χ2v) is 6.29. The van der Waals surface area contributed by atoms with E-state index in [1.807, 2.05) is 13.0 Å². The zero-order valence-corrected chi connectivity index (χ0v) is 13.0. The molecule has 1 unspecified atom stereocenters. The summed E-state index contributed by atoms with van der Waals surface area (Å²) in [6.45, 7) is 5.10. The van der Waals surface area contributed by atoms with Crippen molar-refractivity contribution >= 4 is 11.9 Å². The number of benzene rings is 1. The van der Waals surface area contributed by atoms with Crippen LogP contribution in [-0.4, -0.2) is 41.1 Å². The maximum absolute atomic E-state index is 12.6. The first-order valence-corrected chi connectivity index (χ1v) is 7.74. The monoisotopic (exact) mass is 303 g/mol. The van der Waals surface area contributed by atoms with Crippen molar-refractivity contribution in [1.82, 2.24) is 4.90 Å². The Morgan fingerprint density at radius 1 is 1.18 bits per heavy atom. The average molecular weight is 303 g/mol. The third kappa shape index (κ3) is 2.67. The molecule has 1 amide bonds. The molecule has 1 N–H and O–H groups in total. The Hall–Kier alpha value is -2.04. The number of carbonyl (C=O) groups excluding carboxylic acids is 1. The molecule has 0 aromatic heterocycles. The van der Waals surface area contributed by atoms with Crippen molar-refractivity contribution in [1.29, 1.82) is 0 Å². The van der Waals surface area contributed by atoms with Gasteiger partial charge in [-0.25, -0.2) is 0 Å². The third-order valence-electron chi connectivity index (χ3n) is 4.78. The van der Waals surface area contributed by atoms with Gasteiger partial charge in [-0.3, -0.25) is 9.59 Å². The lowest BCUT2D eigenvalue weighted by Crippen LogP contribution is -2.46. The number of ether oxygens (including phenoxy) is 1. The molecule has 0 radical (unpaired) electrons. The largest absolute Gasteiger partial charge is 0.481 e. The van der Waals surface area contributed by atoms with E-state index in [2.05, 4.69) is 13.0 Å². The highest BCUT2D eigenvalue weighted by molar-refractivity contribution is 5.83. The molecule has 5 heteroatoms. The minimum Gasteiger partial charge on any atom is -0.481 e. The van der Waals surface area contributed by atoms with Crippen molar-refractivity contribution in [2.45, 2.75) is 39.2 Å². The zero-order chi connectivity index (χ0) is 15.9. The molecule has 2 aliphatic rings. The van der Waals surface area contributed by atoms with Crippen LogP contribution in [0, 0.1) is 19.8 Å². The van der Waals surface area contributed by atoms with Crippen molar-refractivity contribution in [3.63, 3.8) is 0 Å². The number of carbonyl (C=O) groups is 2. The molecule has 1 fully saturated rings. The van der Waals surface area contributed by atoms with Gasteiger partial charge in [0.1, 0.15) is 5.75 Å². The number of aryl methyl sites for hydroxylation is 2. The van der Waals surface area contributed by atoms with Gasteiger partial charge in [-0.15, -0.1) is 0 Å². The molecule has 0 bridgehead atoms. The van der Waals surface area contributed by atoms with Crippen LogP contribution in [0.4, 0.5) is 0 Å². The van der Waals surface area contributed by atoms with Crippen LogP contribution in [0.2, 0.25) is 0 Å². The van der Waals surface area contributed by atoms with Crippen molar-refractivity contribution < 1.29 is 19.4 Å². The van der Waals surface area contributed by atoms with Crippen LogP contribution in [0.5, 0.6) is 5.75 Å². The molecule has 1 aromatic carbocycles. The SMILES string of the molecule is Cc1cc2c(cc1C)OC(C(=O)N1CCC(C(=O)O)CC1)C2. The number of likely N-dealkylation sites (tertiary alicyclic amines) is 1. The van der Waals surface area contributed by atoms with E-state index in [-0.39, 0.29) is 11.8 Å². The molecule has 5 nitrogen and oxygen atoms in total. The van der Waals surface area contributed by atoms with Gasteiger partial charge in [0.2, 0.25) is 0 Å². The average Bonchev–Trinajstić information content (AvgIpc) is 2.90. The van der Waals surface area contributed by atoms with Gasteiger partial charge in [-0.2, -0.15) is 0 Å². The van der Waals surface area contributed by atoms with E-state index in [9.17, 15) is 9.59 Å². The topological polar surface area (TPSA) is 66.8 Å². The van der Waals surface area contributed by atoms with Gasteiger partial charge in [0.05, 0.1) is 5.92 Å². The van der Waals surface area contributed by atoms with E-state index in [0.29, 0.717) is 32.4 Å². The fourth-order valence-corrected chi connectivity index (χ4v) is 3.20. The summed E-state index contributed by atoms with van der Waals surface area (Å²) in [5, 5.41) is 9.02. The summed E-state index contributed by atoms with van der Waals surface area (Å²) in [6, 6.07) is 4.09. The Kier molecular flexibility index (Phi) is 3.81. The highest BCUT2D eigenvalue weighted by Crippen LogP contribution is 2.32. The summed E-state index contributed by atoms with van der Waals surface area (Å²) < 4.78 is 5.82. The second kappa shape index (κ2) is 5.63. The summed E-state index contributed by atoms with van der Waals surface area (Å²) in [6.07, 6.45) is 1.20. The second-order valence-electron chi connectivity index (χ2n) is 6.29. The van der Waals surface area contributed by atoms with E-state index in [4.69, 9.17) is 9.84 Å². The van der Waals surface area contributed by atoms with Crippen LogP contribution in [0.15, 0.2) is 12.1 Å². The van der Waals surface area contributed by atoms with Gasteiger partial charge in [0.15, 0.2) is 6.10 Å². The maximum Gasteiger partial charge on any atom is 0.306 e. The molecule has 2 aliphatic heterocycles. The maximum atomic E-state index is 12.6. The number of aliphatic carboxylic acids is 1. The number of piperidine rings is 1. The first kappa shape index (κ1) is 14.9. The Bertz CT molecular complexity index is 586. The molecule has 2 heterocycles. The number of hydrogen-bond donors (Lipinski definition) is 1. The molecular weight excluding hydrogens is 282 g/mol. The molecule has 22 heavy (non-hydrogen) atoms. The normalized spacial score (nSPS) is 21.4. The smallest absolute Gasteiger partial charge is 0.306 e. The lowest BCUT2D eigenvalue weighted by molar-refractivity contribution is -0.147. The fraction of sp³-hybridized carbons (Fsp3) is 0.529. The number of carboxylic acids is 1. The number of carboxylic acid groups (broad SMARTS) is 1. The number of hydrogen-bond acceptors (Lipinski definition) is 3. The van der Waals surface area contributed by atoms with E-state index < -0.39 is 12.1 Å². The molecule has 0 saturated carbocycles. The quantitative estimate of drug-likeness (QED) is 0.906. The van der Waals surface area contributed by atoms with Crippen molar-refractivity contribution in [2.24, 2.45) is 5.92 Å². The molecule has 118 valence electrons. The molecule has 1 aromatic rings. The number of rotatable bonds is 2. The number of amides is 1. The lowest BCUT2D eigenvalue weighted by atomic mass is 9.96. The van der Waals surface area contributed by atoms with Gasteiger partial charge in [0, 0.05) is 19.5 Å². The summed E-state index contributed by atoms with van der Waals surface area (Å²) in [5.41, 5.74) is 3.45. The van der Waals surface area contributed by atoms with Crippen LogP contribution in [-0.2, 0) is 16.0 Å². The predicted octanol–water partition coefficient (Wildman–Crippen LogP) is 1.93. The lowest BCUT2D eigenvalue weighted by Gasteiger charge is -2.31. The number of fused-ring (bicyclic) bond motifs is 1. The molecule has 1 saturated heterocycles. The minimum atomic E-state index is -0.762. The van der Waals surface area contributed by atoms with Gasteiger partial charge in [0.25, 0.3) is 5.91 Å². The van der Waals surface area contributed by atoms with Crippen molar-refractivity contribution in [3.05, 3.63) is 28.8 Å². The highest BCUT2D eigenvalue weighted by Gasteiger charge is 2.35. The van der Waals surface area contributed by atoms with E-state index >= 15 is 0 Å². The van der Waals surface area contributed by atoms with Crippen LogP contribution in [0.25, 0.3) is 0 Å². The molecular formula is C17H21NO4. The Morgan fingerprint density at radius 2 is 1.82 bits per heavy atom. The Balaban J connectivity index is 1.65. The van der Waals surface area contributed by atoms with Crippen molar-refractivity contribution in [2.75, 3.05) is 13.1 Å². The summed E-state index contributed by atoms with van der Waals surface area (Å²) in [5.74, 6) is -0.296. The minimum absolute atomic E-state index is 0.0182. The van der Waals surface area contributed by atoms with Gasteiger partial charge in [-0.1, -0.05) is 6.07 Å². The van der Waals surface area contributed by atoms with Crippen LogP contribution < -0.4 is 4.74 Å². The third-order valence-corrected chi connectivity index (χ3v) is 4.78. The van der Waals surface area contributed by atoms with E-state index in [1.165, 1.54) is 5.56 Å². The summed E-state index contributed by atoms with van der Waals surface area (Å²) in [4.78, 5) is 25.3. The Labute approximate surface area is 129 Å². The predicted molar refractivity (Wildman–Crippen MR) is 81.0 cm³/mol. The van der Waals surface area contributed by atoms with E-state index in [0.717, 1.165) is 16.9 Å². The van der Waals surface area contributed by atoms with Crippen LogP contribution >= 0.6 is 0 Å². The summed E-state index contributed by atoms with van der Waals surface area (Å²) >= 11 is 0. The number of nitrogens with zero attached hydrogens (tertiary/aromatic N) is 1. The van der Waals surface area contributed by atoms with Crippen LogP contribution in [0.1, 0.15) is 29.5 Å². The Morgan fingerprint density at radius 3 is 2.45 bits per heavy atom. The van der Waals surface area contributed by atoms with Gasteiger partial charge >= 0.3 is 5.97 Å². The first-order chi connectivity index (χ1) is 10.5. The van der Waals surface area contributed by atoms with E-state index in [1.54, 1.807) is 4.90 Å². The van der Waals surface area contributed by atoms with Gasteiger partial charge in [-0.05, 0) is 49.4 Å².